The Kier molecular flexibility index (Phi) is 7.14. The zero-order chi connectivity index (χ0) is 22.6. The number of halogens is 2. The second-order valence-corrected chi connectivity index (χ2v) is 8.43. The lowest BCUT2D eigenvalue weighted by molar-refractivity contribution is -0.116. The van der Waals surface area contributed by atoms with Crippen molar-refractivity contribution < 1.29 is 31.5 Å². The number of anilines is 2. The number of aryl methyl sites for hydroxylation is 1. The van der Waals surface area contributed by atoms with E-state index in [0.29, 0.717) is 27.2 Å². The first-order valence-electron chi connectivity index (χ1n) is 8.98. The molecule has 0 bridgehead atoms. The van der Waals surface area contributed by atoms with Gasteiger partial charge in [-0.2, -0.15) is 0 Å². The summed E-state index contributed by atoms with van der Waals surface area (Å²) in [5.41, 5.74) is 1.03. The number of rotatable bonds is 7. The summed E-state index contributed by atoms with van der Waals surface area (Å²) in [5.74, 6) is -3.58. The van der Waals surface area contributed by atoms with Crippen molar-refractivity contribution in [2.75, 3.05) is 22.5 Å². The molecule has 0 aromatic heterocycles. The molecule has 0 aliphatic heterocycles. The Labute approximate surface area is 173 Å². The predicted molar refractivity (Wildman–Crippen MR) is 109 cm³/mol. The van der Waals surface area contributed by atoms with Crippen molar-refractivity contribution in [2.45, 2.75) is 26.8 Å². The number of benzene rings is 2. The van der Waals surface area contributed by atoms with Gasteiger partial charge in [-0.25, -0.2) is 22.0 Å². The van der Waals surface area contributed by atoms with Gasteiger partial charge in [0.2, 0.25) is 15.9 Å². The van der Waals surface area contributed by atoms with E-state index < -0.39 is 39.6 Å². The molecule has 2 rings (SSSR count). The first kappa shape index (κ1) is 23.3. The summed E-state index contributed by atoms with van der Waals surface area (Å²) in [4.78, 5) is 24.5. The molecule has 0 unspecified atom stereocenters. The van der Waals surface area contributed by atoms with Crippen LogP contribution < -0.4 is 9.62 Å². The second-order valence-electron chi connectivity index (χ2n) is 6.57. The minimum atomic E-state index is -4.00. The minimum absolute atomic E-state index is 0.187. The van der Waals surface area contributed by atoms with Gasteiger partial charge < -0.3 is 10.1 Å². The Morgan fingerprint density at radius 2 is 1.80 bits per heavy atom. The lowest BCUT2D eigenvalue weighted by Gasteiger charge is -2.28. The summed E-state index contributed by atoms with van der Waals surface area (Å²) < 4.78 is 57.0. The highest BCUT2D eigenvalue weighted by Crippen LogP contribution is 2.24. The van der Waals surface area contributed by atoms with Crippen molar-refractivity contribution >= 4 is 33.3 Å². The highest BCUT2D eigenvalue weighted by Gasteiger charge is 2.30. The van der Waals surface area contributed by atoms with Crippen LogP contribution >= 0.6 is 0 Å². The first-order chi connectivity index (χ1) is 14.0. The molecule has 0 saturated carbocycles. The third-order valence-corrected chi connectivity index (χ3v) is 5.48. The maximum Gasteiger partial charge on any atom is 0.338 e. The van der Waals surface area contributed by atoms with Gasteiger partial charge >= 0.3 is 5.97 Å². The summed E-state index contributed by atoms with van der Waals surface area (Å²) in [6, 6.07) is 5.79. The van der Waals surface area contributed by atoms with Crippen LogP contribution in [0.3, 0.4) is 0 Å². The van der Waals surface area contributed by atoms with Crippen molar-refractivity contribution in [3.63, 3.8) is 0 Å². The van der Waals surface area contributed by atoms with Crippen LogP contribution in [0.2, 0.25) is 0 Å². The highest BCUT2D eigenvalue weighted by atomic mass is 32.2. The number of carbonyl (C=O) groups is 2. The van der Waals surface area contributed by atoms with Crippen molar-refractivity contribution in [1.29, 1.82) is 0 Å². The molecule has 1 amide bonds. The van der Waals surface area contributed by atoms with E-state index in [1.165, 1.54) is 25.1 Å². The number of sulfonamides is 1. The quantitative estimate of drug-likeness (QED) is 0.668. The second kappa shape index (κ2) is 9.21. The molecular formula is C20H22F2N2O5S. The van der Waals surface area contributed by atoms with Gasteiger partial charge in [0.05, 0.1) is 24.1 Å². The number of carbonyl (C=O) groups excluding carboxylic acids is 2. The topological polar surface area (TPSA) is 92.8 Å². The molecule has 30 heavy (non-hydrogen) atoms. The number of hydrogen-bond acceptors (Lipinski definition) is 5. The number of ether oxygens (including phenoxy) is 1. The summed E-state index contributed by atoms with van der Waals surface area (Å²) >= 11 is 0. The monoisotopic (exact) mass is 440 g/mol. The Hall–Kier alpha value is -3.01. The Balaban J connectivity index is 2.30. The van der Waals surface area contributed by atoms with E-state index >= 15 is 0 Å². The van der Waals surface area contributed by atoms with E-state index in [9.17, 15) is 26.8 Å². The summed E-state index contributed by atoms with van der Waals surface area (Å²) in [5, 5.41) is 2.59. The Morgan fingerprint density at radius 3 is 2.33 bits per heavy atom. The first-order valence-corrected chi connectivity index (χ1v) is 10.8. The third kappa shape index (κ3) is 5.32. The van der Waals surface area contributed by atoms with Crippen LogP contribution in [0.25, 0.3) is 0 Å². The molecular weight excluding hydrogens is 418 g/mol. The van der Waals surface area contributed by atoms with Gasteiger partial charge in [0.1, 0.15) is 6.04 Å². The van der Waals surface area contributed by atoms with Crippen LogP contribution in [-0.2, 0) is 19.6 Å². The van der Waals surface area contributed by atoms with E-state index in [-0.39, 0.29) is 12.3 Å². The van der Waals surface area contributed by atoms with Crippen molar-refractivity contribution in [3.8, 4) is 0 Å². The average molecular weight is 440 g/mol. The Bertz CT molecular complexity index is 1070. The van der Waals surface area contributed by atoms with E-state index in [0.717, 1.165) is 18.4 Å². The van der Waals surface area contributed by atoms with Gasteiger partial charge in [-0.15, -0.1) is 0 Å². The maximum atomic E-state index is 13.6. The molecule has 0 aliphatic rings. The summed E-state index contributed by atoms with van der Waals surface area (Å²) in [7, 11) is -4.00. The fourth-order valence-electron chi connectivity index (χ4n) is 2.81. The number of nitrogens with one attached hydrogen (secondary N) is 1. The lowest BCUT2D eigenvalue weighted by atomic mass is 10.1. The SMILES string of the molecule is CCOC(=O)c1ccc(NC(=O)[C@H](C)N(c2ccc(F)c(F)c2)S(C)(=O)=O)c(C)c1. The molecule has 0 radical (unpaired) electrons. The van der Waals surface area contributed by atoms with Crippen LogP contribution in [-0.4, -0.2) is 39.2 Å². The smallest absolute Gasteiger partial charge is 0.338 e. The molecule has 0 aliphatic carbocycles. The fourth-order valence-corrected chi connectivity index (χ4v) is 3.98. The molecule has 10 heteroatoms. The maximum absolute atomic E-state index is 13.6. The number of amides is 1. The Morgan fingerprint density at radius 1 is 1.13 bits per heavy atom. The molecule has 2 aromatic rings. The zero-order valence-electron chi connectivity index (χ0n) is 16.9. The fraction of sp³-hybridized carbons (Fsp3) is 0.300. The van der Waals surface area contributed by atoms with Crippen molar-refractivity contribution in [2.24, 2.45) is 0 Å². The lowest BCUT2D eigenvalue weighted by Crippen LogP contribution is -2.45. The molecule has 0 saturated heterocycles. The van der Waals surface area contributed by atoms with Crippen LogP contribution in [0, 0.1) is 18.6 Å². The number of hydrogen-bond donors (Lipinski definition) is 1. The van der Waals surface area contributed by atoms with Crippen LogP contribution in [0.15, 0.2) is 36.4 Å². The van der Waals surface area contributed by atoms with Gasteiger partial charge in [0, 0.05) is 11.8 Å². The normalized spacial score (nSPS) is 12.2. The zero-order valence-corrected chi connectivity index (χ0v) is 17.7. The minimum Gasteiger partial charge on any atom is -0.462 e. The van der Waals surface area contributed by atoms with Crippen molar-refractivity contribution in [1.82, 2.24) is 0 Å². The van der Waals surface area contributed by atoms with E-state index in [4.69, 9.17) is 4.74 Å². The molecule has 2 aromatic carbocycles. The molecule has 162 valence electrons. The standard InChI is InChI=1S/C20H22F2N2O5S/c1-5-29-20(26)14-6-9-18(12(2)10-14)23-19(25)13(3)24(30(4,27)28)15-7-8-16(21)17(22)11-15/h6-11,13H,5H2,1-4H3,(H,23,25)/t13-/m0/s1. The van der Waals surface area contributed by atoms with E-state index in [1.807, 2.05) is 0 Å². The van der Waals surface area contributed by atoms with Crippen LogP contribution in [0.1, 0.15) is 29.8 Å². The van der Waals surface area contributed by atoms with Gasteiger partial charge in [-0.1, -0.05) is 0 Å². The molecule has 0 heterocycles. The van der Waals surface area contributed by atoms with Gasteiger partial charge in [-0.05, 0) is 56.7 Å². The highest BCUT2D eigenvalue weighted by molar-refractivity contribution is 7.92. The summed E-state index contributed by atoms with van der Waals surface area (Å²) in [6.07, 6.45) is 0.859. The molecule has 0 spiro atoms. The number of nitrogens with zero attached hydrogens (tertiary/aromatic N) is 1. The molecule has 0 fully saturated rings. The van der Waals surface area contributed by atoms with E-state index in [1.54, 1.807) is 13.8 Å². The summed E-state index contributed by atoms with van der Waals surface area (Å²) in [6.45, 7) is 4.88. The molecule has 7 nitrogen and oxygen atoms in total. The molecule has 1 N–H and O–H groups in total. The average Bonchev–Trinajstić information content (AvgIpc) is 2.65. The predicted octanol–water partition coefficient (Wildman–Crippen LogP) is 3.24. The van der Waals surface area contributed by atoms with Crippen LogP contribution in [0.5, 0.6) is 0 Å². The molecule has 1 atom stereocenters. The van der Waals surface area contributed by atoms with Gasteiger partial charge in [-0.3, -0.25) is 9.10 Å². The van der Waals surface area contributed by atoms with Gasteiger partial charge in [0.15, 0.2) is 11.6 Å². The van der Waals surface area contributed by atoms with Crippen LogP contribution in [0.4, 0.5) is 20.2 Å². The third-order valence-electron chi connectivity index (χ3n) is 4.24. The number of esters is 1. The van der Waals surface area contributed by atoms with E-state index in [2.05, 4.69) is 5.32 Å². The van der Waals surface area contributed by atoms with Gasteiger partial charge in [0.25, 0.3) is 0 Å². The van der Waals surface area contributed by atoms with Crippen molar-refractivity contribution in [3.05, 3.63) is 59.2 Å². The largest absolute Gasteiger partial charge is 0.462 e.